The molecule has 0 N–H and O–H groups in total. The van der Waals surface area contributed by atoms with Gasteiger partial charge in [-0.05, 0) is 43.5 Å². The number of ether oxygens (including phenoxy) is 1. The number of nitrogens with zero attached hydrogens (tertiary/aromatic N) is 6. The molecule has 140 valence electrons. The maximum atomic E-state index is 5.54. The van der Waals surface area contributed by atoms with Crippen molar-refractivity contribution in [1.29, 1.82) is 0 Å². The van der Waals surface area contributed by atoms with Crippen LogP contribution < -0.4 is 9.80 Å². The zero-order valence-corrected chi connectivity index (χ0v) is 15.4. The summed E-state index contributed by atoms with van der Waals surface area (Å²) in [5, 5.41) is 5.42. The maximum absolute atomic E-state index is 5.54. The lowest BCUT2D eigenvalue weighted by atomic mass is 10.1. The summed E-state index contributed by atoms with van der Waals surface area (Å²) in [5.41, 5.74) is 2.23. The Bertz CT molecular complexity index is 914. The summed E-state index contributed by atoms with van der Waals surface area (Å²) in [7, 11) is 0. The van der Waals surface area contributed by atoms with E-state index in [2.05, 4.69) is 33.1 Å². The molecule has 3 aromatic rings. The van der Waals surface area contributed by atoms with Gasteiger partial charge in [0.15, 0.2) is 0 Å². The van der Waals surface area contributed by atoms with Crippen LogP contribution in [-0.2, 0) is 4.74 Å². The van der Waals surface area contributed by atoms with Gasteiger partial charge >= 0.3 is 0 Å². The quantitative estimate of drug-likeness (QED) is 0.712. The lowest BCUT2D eigenvalue weighted by Crippen LogP contribution is -2.37. The first kappa shape index (κ1) is 16.5. The lowest BCUT2D eigenvalue weighted by Gasteiger charge is -2.31. The first-order valence-electron chi connectivity index (χ1n) is 9.78. The number of morpholine rings is 1. The molecule has 0 atom stereocenters. The van der Waals surface area contributed by atoms with E-state index in [4.69, 9.17) is 14.7 Å². The second kappa shape index (κ2) is 7.15. The van der Waals surface area contributed by atoms with Gasteiger partial charge < -0.3 is 14.5 Å². The van der Waals surface area contributed by atoms with Gasteiger partial charge in [-0.2, -0.15) is 10.1 Å². The van der Waals surface area contributed by atoms with Crippen molar-refractivity contribution in [2.45, 2.75) is 19.3 Å². The van der Waals surface area contributed by atoms with Crippen LogP contribution >= 0.6 is 0 Å². The second-order valence-electron chi connectivity index (χ2n) is 7.15. The van der Waals surface area contributed by atoms with Gasteiger partial charge in [0.25, 0.3) is 5.95 Å². The zero-order chi connectivity index (χ0) is 18.1. The Labute approximate surface area is 158 Å². The van der Waals surface area contributed by atoms with E-state index in [9.17, 15) is 0 Å². The lowest BCUT2D eigenvalue weighted by molar-refractivity contribution is 0.122. The smallest absolute Gasteiger partial charge is 0.253 e. The molecule has 2 aliphatic heterocycles. The number of anilines is 2. The number of hydrogen-bond donors (Lipinski definition) is 0. The Morgan fingerprint density at radius 2 is 1.74 bits per heavy atom. The van der Waals surface area contributed by atoms with Gasteiger partial charge in [0, 0.05) is 49.6 Å². The predicted molar refractivity (Wildman–Crippen MR) is 106 cm³/mol. The third kappa shape index (κ3) is 3.23. The highest BCUT2D eigenvalue weighted by Gasteiger charge is 2.20. The minimum Gasteiger partial charge on any atom is -0.378 e. The molecule has 2 fully saturated rings. The van der Waals surface area contributed by atoms with Crippen LogP contribution in [0.5, 0.6) is 0 Å². The summed E-state index contributed by atoms with van der Waals surface area (Å²) in [5.74, 6) is 1.59. The molecule has 0 unspecified atom stereocenters. The zero-order valence-electron chi connectivity index (χ0n) is 15.4. The van der Waals surface area contributed by atoms with Crippen molar-refractivity contribution in [3.05, 3.63) is 36.7 Å². The SMILES string of the molecule is c1cnn(-c2nc(N3CCOCC3)c3cc(N4CCCCC4)ccc3n2)c1. The standard InChI is InChI=1S/C20H24N6O/c1-2-8-24(9-3-1)16-5-6-18-17(15-16)19(25-11-13-27-14-12-25)23-20(22-18)26-10-4-7-21-26/h4-7,10,15H,1-3,8-9,11-14H2. The van der Waals surface area contributed by atoms with E-state index in [1.807, 2.05) is 12.3 Å². The summed E-state index contributed by atoms with van der Waals surface area (Å²) < 4.78 is 7.27. The van der Waals surface area contributed by atoms with E-state index in [0.717, 1.165) is 56.1 Å². The summed E-state index contributed by atoms with van der Waals surface area (Å²) >= 11 is 0. The molecule has 0 amide bonds. The van der Waals surface area contributed by atoms with Crippen LogP contribution in [0.2, 0.25) is 0 Å². The molecular formula is C20H24N6O. The predicted octanol–water partition coefficient (Wildman–Crippen LogP) is 2.64. The van der Waals surface area contributed by atoms with Gasteiger partial charge in [0.05, 0.1) is 18.7 Å². The molecular weight excluding hydrogens is 340 g/mol. The van der Waals surface area contributed by atoms with E-state index in [1.165, 1.54) is 24.9 Å². The maximum Gasteiger partial charge on any atom is 0.253 e. The molecule has 27 heavy (non-hydrogen) atoms. The molecule has 0 bridgehead atoms. The van der Waals surface area contributed by atoms with Crippen molar-refractivity contribution >= 4 is 22.4 Å². The van der Waals surface area contributed by atoms with Gasteiger partial charge in [-0.3, -0.25) is 0 Å². The average molecular weight is 364 g/mol. The second-order valence-corrected chi connectivity index (χ2v) is 7.15. The largest absolute Gasteiger partial charge is 0.378 e. The third-order valence-corrected chi connectivity index (χ3v) is 5.39. The highest BCUT2D eigenvalue weighted by molar-refractivity contribution is 5.92. The monoisotopic (exact) mass is 364 g/mol. The van der Waals surface area contributed by atoms with E-state index in [1.54, 1.807) is 10.9 Å². The fraction of sp³-hybridized carbons (Fsp3) is 0.450. The number of hydrogen-bond acceptors (Lipinski definition) is 6. The van der Waals surface area contributed by atoms with Crippen LogP contribution in [0.4, 0.5) is 11.5 Å². The highest BCUT2D eigenvalue weighted by atomic mass is 16.5. The Morgan fingerprint density at radius 3 is 2.52 bits per heavy atom. The first-order valence-corrected chi connectivity index (χ1v) is 9.78. The fourth-order valence-electron chi connectivity index (χ4n) is 3.94. The van der Waals surface area contributed by atoms with E-state index >= 15 is 0 Å². The van der Waals surface area contributed by atoms with Gasteiger partial charge in [-0.25, -0.2) is 9.67 Å². The normalized spacial score (nSPS) is 18.2. The molecule has 2 aromatic heterocycles. The molecule has 0 spiro atoms. The van der Waals surface area contributed by atoms with E-state index < -0.39 is 0 Å². The van der Waals surface area contributed by atoms with Crippen molar-refractivity contribution in [2.75, 3.05) is 49.2 Å². The highest BCUT2D eigenvalue weighted by Crippen LogP contribution is 2.30. The molecule has 7 nitrogen and oxygen atoms in total. The minimum atomic E-state index is 0.611. The van der Waals surface area contributed by atoms with Crippen molar-refractivity contribution in [2.24, 2.45) is 0 Å². The summed E-state index contributed by atoms with van der Waals surface area (Å²) in [6, 6.07) is 8.47. The molecule has 0 saturated carbocycles. The van der Waals surface area contributed by atoms with Crippen molar-refractivity contribution in [1.82, 2.24) is 19.7 Å². The van der Waals surface area contributed by atoms with Crippen LogP contribution in [0.3, 0.4) is 0 Å². The molecule has 7 heteroatoms. The van der Waals surface area contributed by atoms with Gasteiger partial charge in [-0.1, -0.05) is 0 Å². The molecule has 5 rings (SSSR count). The molecule has 0 radical (unpaired) electrons. The Hall–Kier alpha value is -2.67. The fourth-order valence-corrected chi connectivity index (χ4v) is 3.94. The number of piperidine rings is 1. The molecule has 0 aliphatic carbocycles. The van der Waals surface area contributed by atoms with E-state index in [-0.39, 0.29) is 0 Å². The van der Waals surface area contributed by atoms with Gasteiger partial charge in [0.2, 0.25) is 0 Å². The summed E-state index contributed by atoms with van der Waals surface area (Å²) in [6.45, 7) is 5.41. The summed E-state index contributed by atoms with van der Waals surface area (Å²) in [6.07, 6.45) is 7.50. The topological polar surface area (TPSA) is 59.3 Å². The molecule has 1 aromatic carbocycles. The van der Waals surface area contributed by atoms with Crippen LogP contribution in [0.15, 0.2) is 36.7 Å². The van der Waals surface area contributed by atoms with Crippen molar-refractivity contribution in [3.8, 4) is 5.95 Å². The third-order valence-electron chi connectivity index (χ3n) is 5.39. The molecule has 2 saturated heterocycles. The van der Waals surface area contributed by atoms with Crippen LogP contribution in [0.25, 0.3) is 16.9 Å². The van der Waals surface area contributed by atoms with Gasteiger partial charge in [0.1, 0.15) is 5.82 Å². The van der Waals surface area contributed by atoms with E-state index in [0.29, 0.717) is 5.95 Å². The van der Waals surface area contributed by atoms with Crippen molar-refractivity contribution < 1.29 is 4.74 Å². The Kier molecular flexibility index (Phi) is 4.37. The van der Waals surface area contributed by atoms with Crippen LogP contribution in [-0.4, -0.2) is 59.1 Å². The van der Waals surface area contributed by atoms with Crippen molar-refractivity contribution in [3.63, 3.8) is 0 Å². The van der Waals surface area contributed by atoms with Crippen LogP contribution in [0.1, 0.15) is 19.3 Å². The average Bonchev–Trinajstić information content (AvgIpc) is 3.29. The van der Waals surface area contributed by atoms with Crippen LogP contribution in [0, 0.1) is 0 Å². The van der Waals surface area contributed by atoms with Gasteiger partial charge in [-0.15, -0.1) is 0 Å². The molecule has 4 heterocycles. The number of aromatic nitrogens is 4. The number of benzene rings is 1. The minimum absolute atomic E-state index is 0.611. The number of fused-ring (bicyclic) bond motifs is 1. The Morgan fingerprint density at radius 1 is 0.889 bits per heavy atom. The Balaban J connectivity index is 1.62. The first-order chi connectivity index (χ1) is 13.4. The number of rotatable bonds is 3. The molecule has 2 aliphatic rings. The summed E-state index contributed by atoms with van der Waals surface area (Å²) in [4.78, 5) is 14.5.